The monoisotopic (exact) mass is 272 g/mol. The van der Waals surface area contributed by atoms with E-state index in [2.05, 4.69) is 10.3 Å². The number of aromatic nitrogens is 1. The van der Waals surface area contributed by atoms with E-state index in [1.54, 1.807) is 31.4 Å². The number of rotatable bonds is 4. The number of benzene rings is 1. The van der Waals surface area contributed by atoms with Crippen molar-refractivity contribution in [1.29, 1.82) is 0 Å². The van der Waals surface area contributed by atoms with Crippen molar-refractivity contribution >= 4 is 17.6 Å². The van der Waals surface area contributed by atoms with E-state index in [0.29, 0.717) is 17.0 Å². The van der Waals surface area contributed by atoms with Gasteiger partial charge in [0.15, 0.2) is 0 Å². The zero-order chi connectivity index (χ0) is 14.5. The molecule has 1 heterocycles. The van der Waals surface area contributed by atoms with Crippen molar-refractivity contribution in [3.63, 3.8) is 0 Å². The first-order valence-corrected chi connectivity index (χ1v) is 5.75. The van der Waals surface area contributed by atoms with E-state index in [1.165, 1.54) is 18.3 Å². The van der Waals surface area contributed by atoms with Crippen molar-refractivity contribution in [2.24, 2.45) is 0 Å². The molecule has 0 radical (unpaired) electrons. The van der Waals surface area contributed by atoms with Gasteiger partial charge in [-0.25, -0.2) is 9.78 Å². The van der Waals surface area contributed by atoms with Gasteiger partial charge >= 0.3 is 5.97 Å². The van der Waals surface area contributed by atoms with Gasteiger partial charge in [-0.1, -0.05) is 0 Å². The molecule has 20 heavy (non-hydrogen) atoms. The van der Waals surface area contributed by atoms with Crippen LogP contribution in [0.5, 0.6) is 5.75 Å². The van der Waals surface area contributed by atoms with E-state index in [-0.39, 0.29) is 11.6 Å². The third-order valence-electron chi connectivity index (χ3n) is 2.59. The van der Waals surface area contributed by atoms with Gasteiger partial charge in [0, 0.05) is 17.4 Å². The zero-order valence-electron chi connectivity index (χ0n) is 10.7. The Morgan fingerprint density at radius 3 is 2.50 bits per heavy atom. The fourth-order valence-corrected chi connectivity index (χ4v) is 1.57. The van der Waals surface area contributed by atoms with Gasteiger partial charge in [-0.3, -0.25) is 4.79 Å². The van der Waals surface area contributed by atoms with Crippen LogP contribution in [-0.2, 0) is 0 Å². The van der Waals surface area contributed by atoms with E-state index in [1.807, 2.05) is 0 Å². The molecule has 0 aliphatic rings. The zero-order valence-corrected chi connectivity index (χ0v) is 10.7. The summed E-state index contributed by atoms with van der Waals surface area (Å²) < 4.78 is 5.00. The van der Waals surface area contributed by atoms with Gasteiger partial charge in [0.2, 0.25) is 0 Å². The summed E-state index contributed by atoms with van der Waals surface area (Å²) in [6, 6.07) is 9.40. The number of nitrogens with one attached hydrogen (secondary N) is 1. The first kappa shape index (κ1) is 13.5. The van der Waals surface area contributed by atoms with Crippen molar-refractivity contribution in [1.82, 2.24) is 4.98 Å². The molecule has 102 valence electrons. The average molecular weight is 272 g/mol. The van der Waals surface area contributed by atoms with Crippen LogP contribution < -0.4 is 10.1 Å². The molecular weight excluding hydrogens is 260 g/mol. The number of methoxy groups -OCH3 is 1. The van der Waals surface area contributed by atoms with E-state index >= 15 is 0 Å². The molecule has 0 spiro atoms. The maximum absolute atomic E-state index is 12.0. The van der Waals surface area contributed by atoms with Crippen molar-refractivity contribution in [3.8, 4) is 5.75 Å². The molecule has 6 nitrogen and oxygen atoms in total. The molecule has 1 amide bonds. The quantitative estimate of drug-likeness (QED) is 0.889. The second-order valence-electron chi connectivity index (χ2n) is 3.92. The largest absolute Gasteiger partial charge is 0.497 e. The van der Waals surface area contributed by atoms with Gasteiger partial charge in [0.05, 0.1) is 7.11 Å². The smallest absolute Gasteiger partial charge is 0.354 e. The minimum Gasteiger partial charge on any atom is -0.497 e. The summed E-state index contributed by atoms with van der Waals surface area (Å²) in [6.07, 6.45) is 1.33. The minimum absolute atomic E-state index is 0.127. The number of hydrogen-bond acceptors (Lipinski definition) is 4. The number of amides is 1. The number of aromatic carboxylic acids is 1. The first-order valence-electron chi connectivity index (χ1n) is 5.75. The molecule has 0 aliphatic heterocycles. The first-order chi connectivity index (χ1) is 9.60. The SMILES string of the molecule is COc1ccc(C(=O)Nc2ccnc(C(=O)O)c2)cc1. The van der Waals surface area contributed by atoms with Crippen LogP contribution in [0.1, 0.15) is 20.8 Å². The lowest BCUT2D eigenvalue weighted by Crippen LogP contribution is -2.12. The summed E-state index contributed by atoms with van der Waals surface area (Å²) >= 11 is 0. The normalized spacial score (nSPS) is 9.85. The van der Waals surface area contributed by atoms with Crippen LogP contribution in [0.2, 0.25) is 0 Å². The van der Waals surface area contributed by atoms with Crippen LogP contribution in [0.25, 0.3) is 0 Å². The number of carbonyl (C=O) groups is 2. The summed E-state index contributed by atoms with van der Waals surface area (Å²) in [4.78, 5) is 26.4. The maximum atomic E-state index is 12.0. The minimum atomic E-state index is -1.15. The van der Waals surface area contributed by atoms with E-state index < -0.39 is 5.97 Å². The molecular formula is C14H12N2O4. The van der Waals surface area contributed by atoms with Crippen LogP contribution in [0.3, 0.4) is 0 Å². The highest BCUT2D eigenvalue weighted by atomic mass is 16.5. The lowest BCUT2D eigenvalue weighted by Gasteiger charge is -2.06. The Bertz CT molecular complexity index is 638. The highest BCUT2D eigenvalue weighted by Gasteiger charge is 2.09. The van der Waals surface area contributed by atoms with Crippen LogP contribution in [-0.4, -0.2) is 29.1 Å². The summed E-state index contributed by atoms with van der Waals surface area (Å²) in [6.45, 7) is 0. The van der Waals surface area contributed by atoms with Crippen LogP contribution >= 0.6 is 0 Å². The maximum Gasteiger partial charge on any atom is 0.354 e. The molecule has 2 rings (SSSR count). The number of carboxylic acid groups (broad SMARTS) is 1. The number of nitrogens with zero attached hydrogens (tertiary/aromatic N) is 1. The predicted molar refractivity (Wildman–Crippen MR) is 72.1 cm³/mol. The summed E-state index contributed by atoms with van der Waals surface area (Å²) in [7, 11) is 1.54. The van der Waals surface area contributed by atoms with E-state index in [4.69, 9.17) is 9.84 Å². The van der Waals surface area contributed by atoms with E-state index in [9.17, 15) is 9.59 Å². The molecule has 6 heteroatoms. The Balaban J connectivity index is 2.14. The van der Waals surface area contributed by atoms with Gasteiger partial charge < -0.3 is 15.2 Å². The number of carbonyl (C=O) groups excluding carboxylic acids is 1. The number of anilines is 1. The third kappa shape index (κ3) is 3.11. The molecule has 1 aromatic carbocycles. The second-order valence-corrected chi connectivity index (χ2v) is 3.92. The third-order valence-corrected chi connectivity index (χ3v) is 2.59. The molecule has 2 N–H and O–H groups in total. The molecule has 2 aromatic rings. The molecule has 0 atom stereocenters. The molecule has 0 saturated carbocycles. The Morgan fingerprint density at radius 1 is 1.20 bits per heavy atom. The van der Waals surface area contributed by atoms with Crippen molar-refractivity contribution in [3.05, 3.63) is 53.9 Å². The molecule has 0 fully saturated rings. The van der Waals surface area contributed by atoms with Crippen molar-refractivity contribution in [2.45, 2.75) is 0 Å². The lowest BCUT2D eigenvalue weighted by atomic mass is 10.2. The van der Waals surface area contributed by atoms with Crippen LogP contribution in [0, 0.1) is 0 Å². The molecule has 0 unspecified atom stereocenters. The van der Waals surface area contributed by atoms with Gasteiger partial charge in [0.1, 0.15) is 11.4 Å². The summed E-state index contributed by atoms with van der Waals surface area (Å²) in [5.41, 5.74) is 0.690. The van der Waals surface area contributed by atoms with Gasteiger partial charge in [0.25, 0.3) is 5.91 Å². The lowest BCUT2D eigenvalue weighted by molar-refractivity contribution is 0.0690. The van der Waals surface area contributed by atoms with Gasteiger partial charge in [-0.2, -0.15) is 0 Å². The van der Waals surface area contributed by atoms with E-state index in [0.717, 1.165) is 0 Å². The highest BCUT2D eigenvalue weighted by Crippen LogP contribution is 2.14. The Morgan fingerprint density at radius 2 is 1.90 bits per heavy atom. The predicted octanol–water partition coefficient (Wildman–Crippen LogP) is 2.04. The average Bonchev–Trinajstić information content (AvgIpc) is 2.47. The van der Waals surface area contributed by atoms with Gasteiger partial charge in [-0.05, 0) is 36.4 Å². The Labute approximate surface area is 115 Å². The standard InChI is InChI=1S/C14H12N2O4/c1-20-11-4-2-9(3-5-11)13(17)16-10-6-7-15-12(8-10)14(18)19/h2-8H,1H3,(H,18,19)(H,15,16,17). The Kier molecular flexibility index (Phi) is 3.95. The number of hydrogen-bond donors (Lipinski definition) is 2. The van der Waals surface area contributed by atoms with Crippen LogP contribution in [0.15, 0.2) is 42.6 Å². The summed E-state index contributed by atoms with van der Waals surface area (Å²) in [5.74, 6) is -0.834. The topological polar surface area (TPSA) is 88.5 Å². The fourth-order valence-electron chi connectivity index (χ4n) is 1.57. The second kappa shape index (κ2) is 5.83. The molecule has 1 aromatic heterocycles. The molecule has 0 saturated heterocycles. The van der Waals surface area contributed by atoms with Crippen LogP contribution in [0.4, 0.5) is 5.69 Å². The number of carboxylic acids is 1. The molecule has 0 bridgehead atoms. The highest BCUT2D eigenvalue weighted by molar-refractivity contribution is 6.04. The van der Waals surface area contributed by atoms with Gasteiger partial charge in [-0.15, -0.1) is 0 Å². The molecule has 0 aliphatic carbocycles. The number of ether oxygens (including phenoxy) is 1. The van der Waals surface area contributed by atoms with Crippen molar-refractivity contribution < 1.29 is 19.4 Å². The fraction of sp³-hybridized carbons (Fsp3) is 0.0714. The Hall–Kier alpha value is -2.89. The number of pyridine rings is 1. The summed E-state index contributed by atoms with van der Waals surface area (Å²) in [5, 5.41) is 11.4. The van der Waals surface area contributed by atoms with Crippen molar-refractivity contribution in [2.75, 3.05) is 12.4 Å².